The summed E-state index contributed by atoms with van der Waals surface area (Å²) in [6.45, 7) is 7.97. The third-order valence-corrected chi connectivity index (χ3v) is 2.05. The molecule has 0 aliphatic heterocycles. The van der Waals surface area contributed by atoms with Gasteiger partial charge in [-0.3, -0.25) is 4.79 Å². The fourth-order valence-electron chi connectivity index (χ4n) is 1.10. The molecule has 0 unspecified atom stereocenters. The third kappa shape index (κ3) is 9.52. The number of carboxylic acids is 1. The first kappa shape index (κ1) is 15.9. The summed E-state index contributed by atoms with van der Waals surface area (Å²) >= 11 is 0. The van der Waals surface area contributed by atoms with Crippen LogP contribution in [0, 0.1) is 5.92 Å². The van der Waals surface area contributed by atoms with Crippen molar-refractivity contribution < 1.29 is 15.0 Å². The lowest BCUT2D eigenvalue weighted by Crippen LogP contribution is -2.21. The molecular weight excluding hydrogens is 180 g/mol. The number of carboxylic acid groups (broad SMARTS) is 1. The zero-order valence-corrected chi connectivity index (χ0v) is 9.79. The molecule has 0 radical (unpaired) electrons. The summed E-state index contributed by atoms with van der Waals surface area (Å²) in [5.74, 6) is -0.827. The molecule has 0 amide bonds. The van der Waals surface area contributed by atoms with Gasteiger partial charge in [-0.05, 0) is 12.3 Å². The number of aliphatic hydroxyl groups is 1. The van der Waals surface area contributed by atoms with Gasteiger partial charge in [0.25, 0.3) is 0 Å². The van der Waals surface area contributed by atoms with Crippen LogP contribution in [0.3, 0.4) is 0 Å². The highest BCUT2D eigenvalue weighted by atomic mass is 16.4. The van der Waals surface area contributed by atoms with Crippen LogP contribution in [0.15, 0.2) is 0 Å². The quantitative estimate of drug-likeness (QED) is 0.699. The van der Waals surface area contributed by atoms with Crippen LogP contribution < -0.4 is 0 Å². The van der Waals surface area contributed by atoms with Gasteiger partial charge in [-0.1, -0.05) is 40.5 Å². The first-order chi connectivity index (χ1) is 6.57. The molecule has 0 spiro atoms. The minimum atomic E-state index is -0.925. The molecule has 0 fully saturated rings. The van der Waals surface area contributed by atoms with E-state index in [0.717, 1.165) is 19.3 Å². The summed E-state index contributed by atoms with van der Waals surface area (Å²) in [6.07, 6.45) is 2.23. The van der Waals surface area contributed by atoms with Gasteiger partial charge in [-0.2, -0.15) is 0 Å². The van der Waals surface area contributed by atoms with Gasteiger partial charge in [0.1, 0.15) is 0 Å². The third-order valence-electron chi connectivity index (χ3n) is 2.05. The molecular formula is C11H24O3. The van der Waals surface area contributed by atoms with Crippen LogP contribution in [0.25, 0.3) is 0 Å². The molecule has 0 aromatic carbocycles. The monoisotopic (exact) mass is 204 g/mol. The number of aliphatic hydroxyl groups excluding tert-OH is 1. The van der Waals surface area contributed by atoms with E-state index in [4.69, 9.17) is 5.11 Å². The van der Waals surface area contributed by atoms with E-state index >= 15 is 0 Å². The van der Waals surface area contributed by atoms with E-state index in [1.807, 2.05) is 20.8 Å². The molecule has 0 aliphatic carbocycles. The highest BCUT2D eigenvalue weighted by Gasteiger charge is 2.16. The summed E-state index contributed by atoms with van der Waals surface area (Å²) in [5, 5.41) is 17.7. The first-order valence-corrected chi connectivity index (χ1v) is 5.47. The van der Waals surface area contributed by atoms with Crippen molar-refractivity contribution in [1.82, 2.24) is 0 Å². The summed E-state index contributed by atoms with van der Waals surface area (Å²) in [6, 6.07) is 0. The molecule has 0 rings (SSSR count). The molecule has 0 bridgehead atoms. The fraction of sp³-hybridized carbons (Fsp3) is 0.909. The molecule has 2 N–H and O–H groups in total. The van der Waals surface area contributed by atoms with Gasteiger partial charge in [0.05, 0.1) is 12.5 Å². The zero-order valence-electron chi connectivity index (χ0n) is 9.79. The lowest BCUT2D eigenvalue weighted by Gasteiger charge is -2.16. The Morgan fingerprint density at radius 3 is 2.21 bits per heavy atom. The van der Waals surface area contributed by atoms with Crippen LogP contribution >= 0.6 is 0 Å². The zero-order chi connectivity index (χ0) is 11.6. The van der Waals surface area contributed by atoms with Gasteiger partial charge in [-0.25, -0.2) is 0 Å². The number of hydrogen-bond acceptors (Lipinski definition) is 2. The molecule has 0 saturated carbocycles. The van der Waals surface area contributed by atoms with Crippen molar-refractivity contribution in [3.05, 3.63) is 0 Å². The topological polar surface area (TPSA) is 57.5 Å². The summed E-state index contributed by atoms with van der Waals surface area (Å²) in [5.41, 5.74) is 0. The average molecular weight is 204 g/mol. The maximum absolute atomic E-state index is 10.2. The lowest BCUT2D eigenvalue weighted by atomic mass is 9.96. The smallest absolute Gasteiger partial charge is 0.305 e. The maximum atomic E-state index is 10.2. The van der Waals surface area contributed by atoms with E-state index < -0.39 is 12.1 Å². The summed E-state index contributed by atoms with van der Waals surface area (Å²) in [7, 11) is 0. The van der Waals surface area contributed by atoms with Gasteiger partial charge in [0, 0.05) is 0 Å². The van der Waals surface area contributed by atoms with Crippen LogP contribution in [0.1, 0.15) is 53.4 Å². The van der Waals surface area contributed by atoms with E-state index in [9.17, 15) is 9.90 Å². The largest absolute Gasteiger partial charge is 0.481 e. The second kappa shape index (κ2) is 10.5. The van der Waals surface area contributed by atoms with E-state index in [0.29, 0.717) is 0 Å². The molecule has 3 nitrogen and oxygen atoms in total. The minimum Gasteiger partial charge on any atom is -0.481 e. The molecule has 0 heterocycles. The normalized spacial score (nSPS) is 13.8. The van der Waals surface area contributed by atoms with E-state index in [1.165, 1.54) is 0 Å². The molecule has 86 valence electrons. The molecule has 0 aromatic rings. The van der Waals surface area contributed by atoms with Crippen LogP contribution in [0.2, 0.25) is 0 Å². The second-order valence-corrected chi connectivity index (χ2v) is 3.28. The number of carbonyl (C=O) groups is 1. The van der Waals surface area contributed by atoms with E-state index in [1.54, 1.807) is 0 Å². The lowest BCUT2D eigenvalue weighted by molar-refractivity contribution is -0.139. The van der Waals surface area contributed by atoms with Crippen molar-refractivity contribution in [2.45, 2.75) is 59.5 Å². The summed E-state index contributed by atoms with van der Waals surface area (Å²) in [4.78, 5) is 10.2. The van der Waals surface area contributed by atoms with Crippen molar-refractivity contribution in [2.75, 3.05) is 0 Å². The van der Waals surface area contributed by atoms with Crippen LogP contribution in [-0.4, -0.2) is 22.3 Å². The number of hydrogen-bond donors (Lipinski definition) is 2. The summed E-state index contributed by atoms with van der Waals surface area (Å²) < 4.78 is 0. The molecule has 2 atom stereocenters. The van der Waals surface area contributed by atoms with Gasteiger partial charge in [0.2, 0.25) is 0 Å². The Labute approximate surface area is 87.1 Å². The predicted molar refractivity (Wildman–Crippen MR) is 58.3 cm³/mol. The van der Waals surface area contributed by atoms with Crippen LogP contribution in [0.5, 0.6) is 0 Å². The van der Waals surface area contributed by atoms with Gasteiger partial charge in [0.15, 0.2) is 0 Å². The number of aliphatic carboxylic acids is 1. The Morgan fingerprint density at radius 1 is 1.36 bits per heavy atom. The van der Waals surface area contributed by atoms with Gasteiger partial charge in [-0.15, -0.1) is 0 Å². The Bertz CT molecular complexity index is 134. The Balaban J connectivity index is 0. The second-order valence-electron chi connectivity index (χ2n) is 3.28. The standard InChI is InChI=1S/C9H18O3.C2H6/c1-3-4-5-7(2)8(10)6-9(11)12;1-2/h7-8,10H,3-6H2,1-2H3,(H,11,12);1-2H3/t7-,8+;/m0./s1. The molecule has 3 heteroatoms. The fourth-order valence-corrected chi connectivity index (χ4v) is 1.10. The van der Waals surface area contributed by atoms with Crippen molar-refractivity contribution in [1.29, 1.82) is 0 Å². The van der Waals surface area contributed by atoms with Gasteiger partial charge < -0.3 is 10.2 Å². The van der Waals surface area contributed by atoms with Crippen molar-refractivity contribution in [3.63, 3.8) is 0 Å². The minimum absolute atomic E-state index is 0.0982. The van der Waals surface area contributed by atoms with Crippen LogP contribution in [-0.2, 0) is 4.79 Å². The predicted octanol–water partition coefficient (Wildman–Crippen LogP) is 2.67. The maximum Gasteiger partial charge on any atom is 0.305 e. The molecule has 0 saturated heterocycles. The Morgan fingerprint density at radius 2 is 1.86 bits per heavy atom. The van der Waals surface area contributed by atoms with Crippen molar-refractivity contribution >= 4 is 5.97 Å². The van der Waals surface area contributed by atoms with Gasteiger partial charge >= 0.3 is 5.97 Å². The van der Waals surface area contributed by atoms with E-state index in [2.05, 4.69) is 6.92 Å². The number of rotatable bonds is 6. The molecule has 0 aliphatic rings. The highest BCUT2D eigenvalue weighted by Crippen LogP contribution is 2.14. The Hall–Kier alpha value is -0.570. The molecule has 0 aromatic heterocycles. The number of unbranched alkanes of at least 4 members (excludes halogenated alkanes) is 1. The van der Waals surface area contributed by atoms with Crippen LogP contribution in [0.4, 0.5) is 0 Å². The first-order valence-electron chi connectivity index (χ1n) is 5.47. The van der Waals surface area contributed by atoms with Crippen molar-refractivity contribution in [3.8, 4) is 0 Å². The molecule has 14 heavy (non-hydrogen) atoms. The van der Waals surface area contributed by atoms with Crippen molar-refractivity contribution in [2.24, 2.45) is 5.92 Å². The average Bonchev–Trinajstić information content (AvgIpc) is 2.16. The van der Waals surface area contributed by atoms with E-state index in [-0.39, 0.29) is 12.3 Å². The highest BCUT2D eigenvalue weighted by molar-refractivity contribution is 5.67. The SMILES string of the molecule is CC.CCCC[C@H](C)[C@H](O)CC(=O)O. The Kier molecular flexibility index (Phi) is 11.9.